The van der Waals surface area contributed by atoms with Crippen LogP contribution in [0.5, 0.6) is 0 Å². The van der Waals surface area contributed by atoms with Gasteiger partial charge in [0.25, 0.3) is 0 Å². The van der Waals surface area contributed by atoms with E-state index in [2.05, 4.69) is 15.2 Å². The lowest BCUT2D eigenvalue weighted by Gasteiger charge is -2.26. The average molecular weight is 326 g/mol. The van der Waals surface area contributed by atoms with Crippen LogP contribution in [-0.2, 0) is 11.2 Å². The Kier molecular flexibility index (Phi) is 7.22. The third-order valence-corrected chi connectivity index (χ3v) is 3.73. The SMILES string of the molecule is NC(=NCCCN1CCOCC1)NCCc1cc(F)ccc1F. The number of morpholine rings is 1. The first-order chi connectivity index (χ1) is 11.1. The molecule has 1 heterocycles. The Morgan fingerprint density at radius 1 is 1.30 bits per heavy atom. The number of guanidine groups is 1. The topological polar surface area (TPSA) is 62.9 Å². The van der Waals surface area contributed by atoms with Crippen LogP contribution in [-0.4, -0.2) is 56.8 Å². The molecule has 0 aromatic heterocycles. The Morgan fingerprint density at radius 3 is 2.87 bits per heavy atom. The molecule has 0 saturated carbocycles. The number of nitrogens with one attached hydrogen (secondary N) is 1. The summed E-state index contributed by atoms with van der Waals surface area (Å²) >= 11 is 0. The van der Waals surface area contributed by atoms with Crippen molar-refractivity contribution < 1.29 is 13.5 Å². The van der Waals surface area contributed by atoms with E-state index in [1.807, 2.05) is 0 Å². The van der Waals surface area contributed by atoms with Gasteiger partial charge in [0.05, 0.1) is 13.2 Å². The van der Waals surface area contributed by atoms with Crippen LogP contribution in [0.15, 0.2) is 23.2 Å². The van der Waals surface area contributed by atoms with Gasteiger partial charge in [0.15, 0.2) is 5.96 Å². The summed E-state index contributed by atoms with van der Waals surface area (Å²) in [5.74, 6) is -0.510. The van der Waals surface area contributed by atoms with Gasteiger partial charge in [-0.1, -0.05) is 0 Å². The fraction of sp³-hybridized carbons (Fsp3) is 0.562. The predicted molar refractivity (Wildman–Crippen MR) is 86.4 cm³/mol. The van der Waals surface area contributed by atoms with E-state index < -0.39 is 11.6 Å². The average Bonchev–Trinajstić information content (AvgIpc) is 2.56. The van der Waals surface area contributed by atoms with Crippen molar-refractivity contribution in [2.24, 2.45) is 10.7 Å². The first-order valence-electron chi connectivity index (χ1n) is 7.93. The molecule has 1 aliphatic heterocycles. The maximum Gasteiger partial charge on any atom is 0.188 e. The van der Waals surface area contributed by atoms with Gasteiger partial charge in [-0.15, -0.1) is 0 Å². The zero-order valence-electron chi connectivity index (χ0n) is 13.2. The number of benzene rings is 1. The number of halogens is 2. The quantitative estimate of drug-likeness (QED) is 0.448. The maximum absolute atomic E-state index is 13.4. The van der Waals surface area contributed by atoms with Crippen molar-refractivity contribution in [2.45, 2.75) is 12.8 Å². The minimum absolute atomic E-state index is 0.331. The zero-order valence-corrected chi connectivity index (χ0v) is 13.2. The van der Waals surface area contributed by atoms with Crippen molar-refractivity contribution in [2.75, 3.05) is 45.9 Å². The molecule has 0 radical (unpaired) electrons. The van der Waals surface area contributed by atoms with E-state index in [1.165, 1.54) is 6.07 Å². The van der Waals surface area contributed by atoms with Gasteiger partial charge in [0.1, 0.15) is 11.6 Å². The molecule has 1 aliphatic rings. The van der Waals surface area contributed by atoms with Crippen LogP contribution in [0.4, 0.5) is 8.78 Å². The number of rotatable bonds is 7. The van der Waals surface area contributed by atoms with Gasteiger partial charge in [-0.2, -0.15) is 0 Å². The molecule has 0 aliphatic carbocycles. The molecule has 2 rings (SSSR count). The molecule has 0 spiro atoms. The van der Waals surface area contributed by atoms with E-state index in [1.54, 1.807) is 0 Å². The first kappa shape index (κ1) is 17.6. The van der Waals surface area contributed by atoms with E-state index >= 15 is 0 Å². The van der Waals surface area contributed by atoms with Crippen LogP contribution in [0.1, 0.15) is 12.0 Å². The van der Waals surface area contributed by atoms with Crippen LogP contribution >= 0.6 is 0 Å². The largest absolute Gasteiger partial charge is 0.379 e. The summed E-state index contributed by atoms with van der Waals surface area (Å²) in [7, 11) is 0. The zero-order chi connectivity index (χ0) is 16.5. The normalized spacial score (nSPS) is 16.5. The lowest BCUT2D eigenvalue weighted by atomic mass is 10.1. The summed E-state index contributed by atoms with van der Waals surface area (Å²) in [6.07, 6.45) is 1.29. The van der Waals surface area contributed by atoms with Gasteiger partial charge in [-0.3, -0.25) is 9.89 Å². The Bertz CT molecular complexity index is 519. The second-order valence-corrected chi connectivity index (χ2v) is 5.49. The van der Waals surface area contributed by atoms with Gasteiger partial charge in [-0.05, 0) is 36.6 Å². The van der Waals surface area contributed by atoms with Gasteiger partial charge < -0.3 is 15.8 Å². The smallest absolute Gasteiger partial charge is 0.188 e. The lowest BCUT2D eigenvalue weighted by molar-refractivity contribution is 0.0377. The van der Waals surface area contributed by atoms with Crippen molar-refractivity contribution in [1.82, 2.24) is 10.2 Å². The lowest BCUT2D eigenvalue weighted by Crippen LogP contribution is -2.37. The molecule has 1 saturated heterocycles. The van der Waals surface area contributed by atoms with Crippen molar-refractivity contribution in [3.8, 4) is 0 Å². The molecule has 5 nitrogen and oxygen atoms in total. The molecule has 0 bridgehead atoms. The van der Waals surface area contributed by atoms with E-state index in [4.69, 9.17) is 10.5 Å². The van der Waals surface area contributed by atoms with Crippen LogP contribution in [0.25, 0.3) is 0 Å². The summed E-state index contributed by atoms with van der Waals surface area (Å²) in [5.41, 5.74) is 6.09. The number of hydrogen-bond donors (Lipinski definition) is 2. The Hall–Kier alpha value is -1.73. The maximum atomic E-state index is 13.4. The van der Waals surface area contributed by atoms with E-state index in [0.29, 0.717) is 31.0 Å². The molecule has 0 amide bonds. The van der Waals surface area contributed by atoms with Crippen LogP contribution in [0, 0.1) is 11.6 Å². The number of hydrogen-bond acceptors (Lipinski definition) is 3. The third-order valence-electron chi connectivity index (χ3n) is 3.73. The van der Waals surface area contributed by atoms with Crippen LogP contribution < -0.4 is 11.1 Å². The summed E-state index contributed by atoms with van der Waals surface area (Å²) in [6.45, 7) is 5.57. The molecule has 7 heteroatoms. The van der Waals surface area contributed by atoms with Crippen molar-refractivity contribution in [3.63, 3.8) is 0 Å². The second kappa shape index (κ2) is 9.42. The fourth-order valence-corrected chi connectivity index (χ4v) is 2.43. The van der Waals surface area contributed by atoms with E-state index in [-0.39, 0.29) is 0 Å². The Labute approximate surface area is 135 Å². The summed E-state index contributed by atoms with van der Waals surface area (Å²) in [6, 6.07) is 3.44. The fourth-order valence-electron chi connectivity index (χ4n) is 2.43. The van der Waals surface area contributed by atoms with Gasteiger partial charge in [0, 0.05) is 32.7 Å². The molecule has 1 aromatic rings. The molecular formula is C16H24F2N4O. The third kappa shape index (κ3) is 6.50. The molecule has 128 valence electrons. The summed E-state index contributed by atoms with van der Waals surface area (Å²) < 4.78 is 31.8. The van der Waals surface area contributed by atoms with E-state index in [9.17, 15) is 8.78 Å². The molecule has 23 heavy (non-hydrogen) atoms. The predicted octanol–water partition coefficient (Wildman–Crippen LogP) is 1.13. The summed E-state index contributed by atoms with van der Waals surface area (Å²) in [4.78, 5) is 6.58. The Morgan fingerprint density at radius 2 is 2.09 bits per heavy atom. The van der Waals surface area contributed by atoms with E-state index in [0.717, 1.165) is 51.4 Å². The minimum atomic E-state index is -0.439. The second-order valence-electron chi connectivity index (χ2n) is 5.49. The summed E-state index contributed by atoms with van der Waals surface area (Å²) in [5, 5.41) is 2.92. The standard InChI is InChI=1S/C16H24F2N4O/c17-14-2-3-15(18)13(12-14)4-6-21-16(19)20-5-1-7-22-8-10-23-11-9-22/h2-3,12H,1,4-11H2,(H3,19,20,21). The number of nitrogens with two attached hydrogens (primary N) is 1. The highest BCUT2D eigenvalue weighted by atomic mass is 19.1. The molecule has 1 fully saturated rings. The highest BCUT2D eigenvalue weighted by Gasteiger charge is 2.09. The molecule has 0 unspecified atom stereocenters. The van der Waals surface area contributed by atoms with Gasteiger partial charge in [0.2, 0.25) is 0 Å². The van der Waals surface area contributed by atoms with Gasteiger partial charge in [-0.25, -0.2) is 8.78 Å². The molecular weight excluding hydrogens is 302 g/mol. The van der Waals surface area contributed by atoms with Crippen molar-refractivity contribution >= 4 is 5.96 Å². The minimum Gasteiger partial charge on any atom is -0.379 e. The van der Waals surface area contributed by atoms with Crippen LogP contribution in [0.3, 0.4) is 0 Å². The van der Waals surface area contributed by atoms with Crippen LogP contribution in [0.2, 0.25) is 0 Å². The molecule has 1 aromatic carbocycles. The highest BCUT2D eigenvalue weighted by molar-refractivity contribution is 5.77. The van der Waals surface area contributed by atoms with Crippen molar-refractivity contribution in [3.05, 3.63) is 35.4 Å². The van der Waals surface area contributed by atoms with Gasteiger partial charge >= 0.3 is 0 Å². The van der Waals surface area contributed by atoms with Crippen molar-refractivity contribution in [1.29, 1.82) is 0 Å². The Balaban J connectivity index is 1.61. The monoisotopic (exact) mass is 326 g/mol. The molecule has 3 N–H and O–H groups in total. The highest BCUT2D eigenvalue weighted by Crippen LogP contribution is 2.09. The number of ether oxygens (including phenoxy) is 1. The number of aliphatic imine (C=N–C) groups is 1. The number of nitrogens with zero attached hydrogens (tertiary/aromatic N) is 2. The first-order valence-corrected chi connectivity index (χ1v) is 7.93. The molecule has 0 atom stereocenters.